The van der Waals surface area contributed by atoms with Crippen molar-refractivity contribution in [2.45, 2.75) is 6.92 Å². The zero-order valence-electron chi connectivity index (χ0n) is 5.16. The van der Waals surface area contributed by atoms with Crippen LogP contribution in [-0.4, -0.2) is 0 Å². The van der Waals surface area contributed by atoms with Gasteiger partial charge in [0.2, 0.25) is 5.69 Å². The monoisotopic (exact) mass is 124 g/mol. The molecule has 0 saturated heterocycles. The van der Waals surface area contributed by atoms with Crippen LogP contribution in [0.4, 0.5) is 5.69 Å². The van der Waals surface area contributed by atoms with Crippen molar-refractivity contribution in [1.29, 1.82) is 0 Å². The Morgan fingerprint density at radius 3 is 2.78 bits per heavy atom. The van der Waals surface area contributed by atoms with Gasteiger partial charge in [-0.2, -0.15) is 4.73 Å². The third kappa shape index (κ3) is 0.937. The number of nitrogens with two attached hydrogens (primary N) is 1. The summed E-state index contributed by atoms with van der Waals surface area (Å²) < 4.78 is 0.745. The van der Waals surface area contributed by atoms with Crippen molar-refractivity contribution in [3.8, 4) is 0 Å². The Bertz CT molecular complexity index is 202. The highest BCUT2D eigenvalue weighted by molar-refractivity contribution is 5.38. The lowest BCUT2D eigenvalue weighted by molar-refractivity contribution is -0.611. The molecule has 0 saturated carbocycles. The molecule has 0 fully saturated rings. The molecule has 1 aromatic rings. The van der Waals surface area contributed by atoms with E-state index in [1.165, 1.54) is 6.20 Å². The van der Waals surface area contributed by atoms with Gasteiger partial charge in [-0.3, -0.25) is 0 Å². The first-order chi connectivity index (χ1) is 4.22. The molecule has 0 atom stereocenters. The summed E-state index contributed by atoms with van der Waals surface area (Å²) >= 11 is 0. The van der Waals surface area contributed by atoms with Crippen LogP contribution < -0.4 is 10.5 Å². The number of rotatable bonds is 0. The molecule has 1 aromatic heterocycles. The fraction of sp³-hybridized carbons (Fsp3) is 0.167. The van der Waals surface area contributed by atoms with Gasteiger partial charge in [0.1, 0.15) is 5.69 Å². The van der Waals surface area contributed by atoms with Crippen molar-refractivity contribution < 1.29 is 4.73 Å². The van der Waals surface area contributed by atoms with E-state index in [1.54, 1.807) is 19.1 Å². The SMILES string of the molecule is Cc1c(N)ccc[n+]1[O-]. The van der Waals surface area contributed by atoms with Crippen LogP contribution in [0.5, 0.6) is 0 Å². The summed E-state index contributed by atoms with van der Waals surface area (Å²) in [6.45, 7) is 1.68. The molecule has 0 radical (unpaired) electrons. The fourth-order valence-corrected chi connectivity index (χ4v) is 0.585. The van der Waals surface area contributed by atoms with Gasteiger partial charge >= 0.3 is 0 Å². The molecule has 0 spiro atoms. The first-order valence-corrected chi connectivity index (χ1v) is 2.66. The van der Waals surface area contributed by atoms with Crippen molar-refractivity contribution in [2.24, 2.45) is 0 Å². The summed E-state index contributed by atoms with van der Waals surface area (Å²) in [6, 6.07) is 3.32. The Morgan fingerprint density at radius 2 is 2.33 bits per heavy atom. The molecule has 9 heavy (non-hydrogen) atoms. The van der Waals surface area contributed by atoms with Gasteiger partial charge in [-0.15, -0.1) is 0 Å². The van der Waals surface area contributed by atoms with Crippen LogP contribution in [0.15, 0.2) is 18.3 Å². The third-order valence-corrected chi connectivity index (χ3v) is 1.25. The predicted molar refractivity (Wildman–Crippen MR) is 34.6 cm³/mol. The van der Waals surface area contributed by atoms with Crippen LogP contribution in [0.2, 0.25) is 0 Å². The minimum atomic E-state index is 0.535. The molecule has 0 aliphatic rings. The first-order valence-electron chi connectivity index (χ1n) is 2.66. The summed E-state index contributed by atoms with van der Waals surface area (Å²) in [5.74, 6) is 0. The van der Waals surface area contributed by atoms with E-state index in [9.17, 15) is 5.21 Å². The van der Waals surface area contributed by atoms with Crippen LogP contribution >= 0.6 is 0 Å². The predicted octanol–water partition coefficient (Wildman–Crippen LogP) is 0.211. The minimum absolute atomic E-state index is 0.535. The average Bonchev–Trinajstić information content (AvgIpc) is 1.83. The van der Waals surface area contributed by atoms with Crippen LogP contribution in [0.3, 0.4) is 0 Å². The minimum Gasteiger partial charge on any atom is -0.618 e. The largest absolute Gasteiger partial charge is 0.618 e. The maximum absolute atomic E-state index is 10.7. The van der Waals surface area contributed by atoms with E-state index in [1.807, 2.05) is 0 Å². The van der Waals surface area contributed by atoms with Crippen molar-refractivity contribution in [1.82, 2.24) is 0 Å². The van der Waals surface area contributed by atoms with E-state index in [2.05, 4.69) is 0 Å². The quantitative estimate of drug-likeness (QED) is 0.397. The van der Waals surface area contributed by atoms with Gasteiger partial charge in [0.05, 0.1) is 0 Å². The average molecular weight is 124 g/mol. The number of aromatic nitrogens is 1. The van der Waals surface area contributed by atoms with Gasteiger partial charge in [-0.25, -0.2) is 0 Å². The highest BCUT2D eigenvalue weighted by atomic mass is 16.5. The Balaban J connectivity index is 3.25. The highest BCUT2D eigenvalue weighted by Gasteiger charge is 1.99. The molecule has 3 heteroatoms. The molecule has 0 unspecified atom stereocenters. The lowest BCUT2D eigenvalue weighted by Gasteiger charge is -1.99. The fourth-order valence-electron chi connectivity index (χ4n) is 0.585. The summed E-state index contributed by atoms with van der Waals surface area (Å²) in [6.07, 6.45) is 1.42. The van der Waals surface area contributed by atoms with Crippen LogP contribution in [-0.2, 0) is 0 Å². The van der Waals surface area contributed by atoms with E-state index < -0.39 is 0 Å². The molecule has 0 amide bonds. The molecular weight excluding hydrogens is 116 g/mol. The molecule has 48 valence electrons. The smallest absolute Gasteiger partial charge is 0.212 e. The summed E-state index contributed by atoms with van der Waals surface area (Å²) in [7, 11) is 0. The van der Waals surface area contributed by atoms with Gasteiger partial charge in [0.15, 0.2) is 6.20 Å². The second-order valence-electron chi connectivity index (χ2n) is 1.87. The third-order valence-electron chi connectivity index (χ3n) is 1.25. The first kappa shape index (κ1) is 5.88. The van der Waals surface area contributed by atoms with Gasteiger partial charge in [0, 0.05) is 13.0 Å². The summed E-state index contributed by atoms with van der Waals surface area (Å²) in [5.41, 5.74) is 6.49. The molecule has 0 aliphatic carbocycles. The van der Waals surface area contributed by atoms with E-state index in [0.29, 0.717) is 11.4 Å². The van der Waals surface area contributed by atoms with Gasteiger partial charge < -0.3 is 10.9 Å². The number of anilines is 1. The lowest BCUT2D eigenvalue weighted by atomic mass is 10.3. The second kappa shape index (κ2) is 1.93. The van der Waals surface area contributed by atoms with Crippen molar-refractivity contribution in [3.05, 3.63) is 29.2 Å². The highest BCUT2D eigenvalue weighted by Crippen LogP contribution is 2.00. The Labute approximate surface area is 53.3 Å². The topological polar surface area (TPSA) is 53.0 Å². The summed E-state index contributed by atoms with van der Waals surface area (Å²) in [4.78, 5) is 0. The van der Waals surface area contributed by atoms with Crippen molar-refractivity contribution in [2.75, 3.05) is 5.73 Å². The van der Waals surface area contributed by atoms with Crippen LogP contribution in [0, 0.1) is 12.1 Å². The molecule has 1 heterocycles. The van der Waals surface area contributed by atoms with Gasteiger partial charge in [-0.05, 0) is 6.07 Å². The zero-order valence-corrected chi connectivity index (χ0v) is 5.16. The van der Waals surface area contributed by atoms with E-state index >= 15 is 0 Å². The van der Waals surface area contributed by atoms with E-state index in [0.717, 1.165) is 4.73 Å². The van der Waals surface area contributed by atoms with Crippen molar-refractivity contribution in [3.63, 3.8) is 0 Å². The Hall–Kier alpha value is -1.25. The van der Waals surface area contributed by atoms with Crippen LogP contribution in [0.1, 0.15) is 5.69 Å². The molecule has 0 aliphatic heterocycles. The molecule has 3 nitrogen and oxygen atoms in total. The van der Waals surface area contributed by atoms with Gasteiger partial charge in [-0.1, -0.05) is 0 Å². The van der Waals surface area contributed by atoms with E-state index in [-0.39, 0.29) is 0 Å². The second-order valence-corrected chi connectivity index (χ2v) is 1.87. The van der Waals surface area contributed by atoms with Crippen LogP contribution in [0.25, 0.3) is 0 Å². The van der Waals surface area contributed by atoms with E-state index in [4.69, 9.17) is 5.73 Å². The molecular formula is C6H8N2O. The molecule has 0 bridgehead atoms. The summed E-state index contributed by atoms with van der Waals surface area (Å²) in [5, 5.41) is 10.7. The maximum atomic E-state index is 10.7. The standard InChI is InChI=1S/C6H8N2O/c1-5-6(7)3-2-4-8(5)9/h2-4H,7H2,1H3. The molecule has 2 N–H and O–H groups in total. The maximum Gasteiger partial charge on any atom is 0.212 e. The number of nitrogens with zero attached hydrogens (tertiary/aromatic N) is 1. The van der Waals surface area contributed by atoms with Gasteiger partial charge in [0.25, 0.3) is 0 Å². The van der Waals surface area contributed by atoms with Crippen molar-refractivity contribution >= 4 is 5.69 Å². The Morgan fingerprint density at radius 1 is 1.67 bits per heavy atom. The number of hydrogen-bond donors (Lipinski definition) is 1. The number of hydrogen-bond acceptors (Lipinski definition) is 2. The number of nitrogen functional groups attached to an aromatic ring is 1. The zero-order chi connectivity index (χ0) is 6.85. The number of pyridine rings is 1. The Kier molecular flexibility index (Phi) is 1.26. The molecule has 1 rings (SSSR count). The normalized spacial score (nSPS) is 9.44. The lowest BCUT2D eigenvalue weighted by Crippen LogP contribution is -2.29. The molecule has 0 aromatic carbocycles.